The quantitative estimate of drug-likeness (QED) is 0.586. The lowest BCUT2D eigenvalue weighted by atomic mass is 9.81. The van der Waals surface area contributed by atoms with Crippen LogP contribution in [0.3, 0.4) is 0 Å². The standard InChI is InChI=1S/C14H27NO3/c1-9(2)11(13(17)18-7)12(16)15-8-14(5,6)10(3)4/h9-11H,8H2,1-7H3,(H,15,16). The fourth-order valence-corrected chi connectivity index (χ4v) is 1.44. The molecular weight excluding hydrogens is 230 g/mol. The van der Waals surface area contributed by atoms with Gasteiger partial charge in [-0.2, -0.15) is 0 Å². The third-order valence-electron chi connectivity index (χ3n) is 3.69. The van der Waals surface area contributed by atoms with Crippen molar-refractivity contribution >= 4 is 11.9 Å². The van der Waals surface area contributed by atoms with Crippen LogP contribution >= 0.6 is 0 Å². The van der Waals surface area contributed by atoms with E-state index in [4.69, 9.17) is 0 Å². The van der Waals surface area contributed by atoms with Gasteiger partial charge in [0, 0.05) is 6.54 Å². The average Bonchev–Trinajstić information content (AvgIpc) is 2.25. The Morgan fingerprint density at radius 1 is 1.17 bits per heavy atom. The summed E-state index contributed by atoms with van der Waals surface area (Å²) < 4.78 is 4.67. The molecule has 4 heteroatoms. The molecule has 1 amide bonds. The fourth-order valence-electron chi connectivity index (χ4n) is 1.44. The first-order chi connectivity index (χ1) is 8.13. The molecule has 106 valence electrons. The average molecular weight is 257 g/mol. The highest BCUT2D eigenvalue weighted by Crippen LogP contribution is 2.25. The molecule has 0 aliphatic heterocycles. The molecule has 0 aliphatic rings. The summed E-state index contributed by atoms with van der Waals surface area (Å²) in [6, 6.07) is 0. The summed E-state index contributed by atoms with van der Waals surface area (Å²) in [6.45, 7) is 12.7. The summed E-state index contributed by atoms with van der Waals surface area (Å²) >= 11 is 0. The van der Waals surface area contributed by atoms with Crippen molar-refractivity contribution < 1.29 is 14.3 Å². The molecule has 0 aromatic rings. The van der Waals surface area contributed by atoms with Crippen molar-refractivity contribution in [3.63, 3.8) is 0 Å². The largest absolute Gasteiger partial charge is 0.468 e. The molecule has 0 aromatic heterocycles. The van der Waals surface area contributed by atoms with Gasteiger partial charge >= 0.3 is 5.97 Å². The van der Waals surface area contributed by atoms with Gasteiger partial charge in [-0.25, -0.2) is 0 Å². The van der Waals surface area contributed by atoms with Crippen LogP contribution in [0.2, 0.25) is 0 Å². The Kier molecular flexibility index (Phi) is 6.36. The normalized spacial score (nSPS) is 13.6. The van der Waals surface area contributed by atoms with Crippen LogP contribution in [-0.4, -0.2) is 25.5 Å². The second kappa shape index (κ2) is 6.76. The van der Waals surface area contributed by atoms with Gasteiger partial charge in [-0.1, -0.05) is 41.5 Å². The molecule has 18 heavy (non-hydrogen) atoms. The second-order valence-electron chi connectivity index (χ2n) is 6.11. The Bertz CT molecular complexity index is 295. The summed E-state index contributed by atoms with van der Waals surface area (Å²) in [5.74, 6) is -1.05. The zero-order valence-corrected chi connectivity index (χ0v) is 12.7. The van der Waals surface area contributed by atoms with Crippen LogP contribution in [0.5, 0.6) is 0 Å². The van der Waals surface area contributed by atoms with Crippen molar-refractivity contribution in [1.82, 2.24) is 5.32 Å². The minimum Gasteiger partial charge on any atom is -0.468 e. The minimum atomic E-state index is -0.724. The molecule has 0 saturated heterocycles. The van der Waals surface area contributed by atoms with E-state index in [9.17, 15) is 9.59 Å². The summed E-state index contributed by atoms with van der Waals surface area (Å²) in [5.41, 5.74) is 0.00725. The first kappa shape index (κ1) is 16.9. The number of rotatable bonds is 6. The SMILES string of the molecule is COC(=O)C(C(=O)NCC(C)(C)C(C)C)C(C)C. The highest BCUT2D eigenvalue weighted by atomic mass is 16.5. The molecular formula is C14H27NO3. The van der Waals surface area contributed by atoms with Gasteiger partial charge < -0.3 is 10.1 Å². The molecule has 0 aliphatic carbocycles. The van der Waals surface area contributed by atoms with Gasteiger partial charge in [0.15, 0.2) is 0 Å². The number of carbonyl (C=O) groups is 2. The van der Waals surface area contributed by atoms with Crippen LogP contribution in [0.25, 0.3) is 0 Å². The van der Waals surface area contributed by atoms with Crippen molar-refractivity contribution in [2.45, 2.75) is 41.5 Å². The molecule has 0 radical (unpaired) electrons. The predicted octanol–water partition coefficient (Wildman–Crippen LogP) is 2.23. The number of ether oxygens (including phenoxy) is 1. The van der Waals surface area contributed by atoms with Crippen LogP contribution in [0, 0.1) is 23.2 Å². The molecule has 0 rings (SSSR count). The first-order valence-corrected chi connectivity index (χ1v) is 6.49. The van der Waals surface area contributed by atoms with Gasteiger partial charge in [0.05, 0.1) is 7.11 Å². The lowest BCUT2D eigenvalue weighted by Crippen LogP contribution is -2.43. The monoisotopic (exact) mass is 257 g/mol. The lowest BCUT2D eigenvalue weighted by Gasteiger charge is -2.30. The Labute approximate surface area is 110 Å². The number of amides is 1. The van der Waals surface area contributed by atoms with Crippen molar-refractivity contribution in [2.75, 3.05) is 13.7 Å². The molecule has 0 saturated carbocycles. The molecule has 0 bridgehead atoms. The summed E-state index contributed by atoms with van der Waals surface area (Å²) in [7, 11) is 1.31. The Morgan fingerprint density at radius 2 is 1.67 bits per heavy atom. The summed E-state index contributed by atoms with van der Waals surface area (Å²) in [4.78, 5) is 23.6. The van der Waals surface area contributed by atoms with E-state index in [1.165, 1.54) is 7.11 Å². The molecule has 0 fully saturated rings. The van der Waals surface area contributed by atoms with Crippen molar-refractivity contribution in [2.24, 2.45) is 23.2 Å². The van der Waals surface area contributed by atoms with E-state index in [2.05, 4.69) is 37.7 Å². The second-order valence-corrected chi connectivity index (χ2v) is 6.11. The zero-order chi connectivity index (χ0) is 14.5. The van der Waals surface area contributed by atoms with E-state index in [0.29, 0.717) is 12.5 Å². The minimum absolute atomic E-state index is 0.00725. The topological polar surface area (TPSA) is 55.4 Å². The van der Waals surface area contributed by atoms with Gasteiger partial charge in [-0.05, 0) is 17.3 Å². The number of methoxy groups -OCH3 is 1. The van der Waals surface area contributed by atoms with Gasteiger partial charge in [0.2, 0.25) is 5.91 Å². The van der Waals surface area contributed by atoms with Crippen LogP contribution in [0.4, 0.5) is 0 Å². The van der Waals surface area contributed by atoms with Gasteiger partial charge in [0.25, 0.3) is 0 Å². The molecule has 1 N–H and O–H groups in total. The van der Waals surface area contributed by atoms with E-state index in [0.717, 1.165) is 0 Å². The summed E-state index contributed by atoms with van der Waals surface area (Å²) in [6.07, 6.45) is 0. The third-order valence-corrected chi connectivity index (χ3v) is 3.69. The molecule has 1 unspecified atom stereocenters. The maximum absolute atomic E-state index is 12.0. The molecule has 0 heterocycles. The number of carbonyl (C=O) groups excluding carboxylic acids is 2. The highest BCUT2D eigenvalue weighted by molar-refractivity contribution is 5.98. The zero-order valence-electron chi connectivity index (χ0n) is 12.7. The fraction of sp³-hybridized carbons (Fsp3) is 0.857. The smallest absolute Gasteiger partial charge is 0.318 e. The first-order valence-electron chi connectivity index (χ1n) is 6.49. The third kappa shape index (κ3) is 4.67. The van der Waals surface area contributed by atoms with Crippen LogP contribution in [0.15, 0.2) is 0 Å². The number of nitrogens with one attached hydrogen (secondary N) is 1. The highest BCUT2D eigenvalue weighted by Gasteiger charge is 2.32. The Hall–Kier alpha value is -1.06. The van der Waals surface area contributed by atoms with Gasteiger partial charge in [0.1, 0.15) is 5.92 Å². The summed E-state index contributed by atoms with van der Waals surface area (Å²) in [5, 5.41) is 2.86. The van der Waals surface area contributed by atoms with Crippen LogP contribution in [0.1, 0.15) is 41.5 Å². The van der Waals surface area contributed by atoms with Gasteiger partial charge in [-0.15, -0.1) is 0 Å². The molecule has 1 atom stereocenters. The van der Waals surface area contributed by atoms with Crippen LogP contribution in [-0.2, 0) is 14.3 Å². The lowest BCUT2D eigenvalue weighted by molar-refractivity contribution is -0.152. The Balaban J connectivity index is 4.59. The maximum atomic E-state index is 12.0. The Morgan fingerprint density at radius 3 is 2.00 bits per heavy atom. The number of hydrogen-bond donors (Lipinski definition) is 1. The van der Waals surface area contributed by atoms with Crippen molar-refractivity contribution in [3.05, 3.63) is 0 Å². The van der Waals surface area contributed by atoms with E-state index >= 15 is 0 Å². The van der Waals surface area contributed by atoms with E-state index in [1.54, 1.807) is 0 Å². The maximum Gasteiger partial charge on any atom is 0.318 e. The van der Waals surface area contributed by atoms with Gasteiger partial charge in [-0.3, -0.25) is 9.59 Å². The molecule has 0 aromatic carbocycles. The molecule has 0 spiro atoms. The van der Waals surface area contributed by atoms with E-state index < -0.39 is 11.9 Å². The molecule has 4 nitrogen and oxygen atoms in total. The predicted molar refractivity (Wildman–Crippen MR) is 72.0 cm³/mol. The number of hydrogen-bond acceptors (Lipinski definition) is 3. The van der Waals surface area contributed by atoms with Crippen LogP contribution < -0.4 is 5.32 Å². The van der Waals surface area contributed by atoms with Crippen molar-refractivity contribution in [3.8, 4) is 0 Å². The van der Waals surface area contributed by atoms with Crippen molar-refractivity contribution in [1.29, 1.82) is 0 Å². The van der Waals surface area contributed by atoms with E-state index in [1.807, 2.05) is 13.8 Å². The van der Waals surface area contributed by atoms with E-state index in [-0.39, 0.29) is 17.2 Å². The number of esters is 1.